The van der Waals surface area contributed by atoms with Crippen LogP contribution in [0.5, 0.6) is 0 Å². The number of aliphatic imine (C=N–C) groups is 1. The van der Waals surface area contributed by atoms with Crippen molar-refractivity contribution in [2.45, 2.75) is 33.2 Å². The average Bonchev–Trinajstić information content (AvgIpc) is 2.48. The van der Waals surface area contributed by atoms with Crippen LogP contribution in [-0.2, 0) is 4.74 Å². The third-order valence-corrected chi connectivity index (χ3v) is 4.20. The number of hydrogen-bond acceptors (Lipinski definition) is 4. The minimum atomic E-state index is 0. The molecular formula is C16H36IN5O. The van der Waals surface area contributed by atoms with Crippen molar-refractivity contribution in [3.63, 3.8) is 0 Å². The molecule has 3 N–H and O–H groups in total. The fourth-order valence-electron chi connectivity index (χ4n) is 2.68. The Morgan fingerprint density at radius 2 is 1.91 bits per heavy atom. The van der Waals surface area contributed by atoms with E-state index in [0.29, 0.717) is 17.9 Å². The molecule has 138 valence electrons. The zero-order valence-corrected chi connectivity index (χ0v) is 17.6. The molecule has 1 aliphatic rings. The number of rotatable bonds is 9. The van der Waals surface area contributed by atoms with Gasteiger partial charge in [-0.15, -0.1) is 24.0 Å². The molecule has 0 radical (unpaired) electrons. The summed E-state index contributed by atoms with van der Waals surface area (Å²) in [5, 5.41) is 3.17. The molecule has 0 spiro atoms. The van der Waals surface area contributed by atoms with Gasteiger partial charge in [-0.05, 0) is 26.3 Å². The molecule has 23 heavy (non-hydrogen) atoms. The first-order valence-electron chi connectivity index (χ1n) is 8.58. The van der Waals surface area contributed by atoms with Crippen LogP contribution in [0.3, 0.4) is 0 Å². The molecule has 0 aliphatic carbocycles. The summed E-state index contributed by atoms with van der Waals surface area (Å²) in [5.41, 5.74) is 5.96. The summed E-state index contributed by atoms with van der Waals surface area (Å²) < 4.78 is 5.30. The van der Waals surface area contributed by atoms with Crippen molar-refractivity contribution in [1.82, 2.24) is 15.1 Å². The molecule has 1 heterocycles. The van der Waals surface area contributed by atoms with Gasteiger partial charge in [-0.25, -0.2) is 0 Å². The Labute approximate surface area is 159 Å². The minimum Gasteiger partial charge on any atom is -0.382 e. The fourth-order valence-corrected chi connectivity index (χ4v) is 2.68. The fraction of sp³-hybridized carbons (Fsp3) is 0.938. The van der Waals surface area contributed by atoms with Gasteiger partial charge in [0, 0.05) is 52.0 Å². The van der Waals surface area contributed by atoms with Crippen LogP contribution >= 0.6 is 24.0 Å². The van der Waals surface area contributed by atoms with Crippen LogP contribution in [0.25, 0.3) is 0 Å². The van der Waals surface area contributed by atoms with E-state index in [0.717, 1.165) is 58.9 Å². The zero-order chi connectivity index (χ0) is 16.4. The molecule has 1 atom stereocenters. The van der Waals surface area contributed by atoms with E-state index in [-0.39, 0.29) is 24.0 Å². The number of nitrogens with one attached hydrogen (secondary N) is 1. The lowest BCUT2D eigenvalue weighted by Crippen LogP contribution is -2.52. The smallest absolute Gasteiger partial charge is 0.188 e. The predicted molar refractivity (Wildman–Crippen MR) is 109 cm³/mol. The molecule has 6 nitrogen and oxygen atoms in total. The maximum absolute atomic E-state index is 5.96. The van der Waals surface area contributed by atoms with Crippen LogP contribution in [0, 0.1) is 5.92 Å². The van der Waals surface area contributed by atoms with Gasteiger partial charge < -0.3 is 20.7 Å². The van der Waals surface area contributed by atoms with Crippen molar-refractivity contribution < 1.29 is 4.74 Å². The molecule has 1 unspecified atom stereocenters. The van der Waals surface area contributed by atoms with Crippen molar-refractivity contribution >= 4 is 29.9 Å². The van der Waals surface area contributed by atoms with Gasteiger partial charge in [0.15, 0.2) is 5.96 Å². The highest BCUT2D eigenvalue weighted by atomic mass is 127. The largest absolute Gasteiger partial charge is 0.382 e. The van der Waals surface area contributed by atoms with Crippen LogP contribution < -0.4 is 11.1 Å². The van der Waals surface area contributed by atoms with Gasteiger partial charge in [0.25, 0.3) is 0 Å². The van der Waals surface area contributed by atoms with E-state index in [4.69, 9.17) is 10.5 Å². The monoisotopic (exact) mass is 441 g/mol. The van der Waals surface area contributed by atoms with Gasteiger partial charge in [-0.1, -0.05) is 13.8 Å². The molecule has 0 saturated carbocycles. The summed E-state index contributed by atoms with van der Waals surface area (Å²) in [6.45, 7) is 14.2. The van der Waals surface area contributed by atoms with E-state index in [1.54, 1.807) is 0 Å². The standard InChI is InChI=1S/C16H35N5O.HI/c1-5-22-12-6-7-18-16(17)19-13-15(14(2)3)21-10-8-20(4)9-11-21;/h14-15H,5-13H2,1-4H3,(H3,17,18,19);1H. The van der Waals surface area contributed by atoms with Gasteiger partial charge in [-0.2, -0.15) is 0 Å². The predicted octanol–water partition coefficient (Wildman–Crippen LogP) is 1.21. The number of hydrogen-bond donors (Lipinski definition) is 2. The molecule has 1 fully saturated rings. The molecule has 7 heteroatoms. The molecule has 0 aromatic heterocycles. The van der Waals surface area contributed by atoms with E-state index in [1.807, 2.05) is 6.92 Å². The number of nitrogens with two attached hydrogens (primary N) is 1. The van der Waals surface area contributed by atoms with Gasteiger partial charge in [0.05, 0.1) is 6.54 Å². The number of ether oxygens (including phenoxy) is 1. The van der Waals surface area contributed by atoms with Crippen LogP contribution in [-0.4, -0.2) is 81.3 Å². The third kappa shape index (κ3) is 9.69. The molecule has 0 amide bonds. The first-order valence-corrected chi connectivity index (χ1v) is 8.58. The summed E-state index contributed by atoms with van der Waals surface area (Å²) in [7, 11) is 2.18. The maximum Gasteiger partial charge on any atom is 0.188 e. The maximum atomic E-state index is 5.96. The Hall–Kier alpha value is -0.120. The Kier molecular flexibility index (Phi) is 13.1. The first-order chi connectivity index (χ1) is 10.5. The van der Waals surface area contributed by atoms with Crippen LogP contribution in [0.4, 0.5) is 0 Å². The molecule has 1 rings (SSSR count). The van der Waals surface area contributed by atoms with Gasteiger partial charge >= 0.3 is 0 Å². The van der Waals surface area contributed by atoms with E-state index in [2.05, 4.69) is 41.0 Å². The topological polar surface area (TPSA) is 66.1 Å². The average molecular weight is 441 g/mol. The SMILES string of the molecule is CCOCCCNC(N)=NCC(C(C)C)N1CCN(C)CC1.I. The van der Waals surface area contributed by atoms with Gasteiger partial charge in [0.2, 0.25) is 0 Å². The summed E-state index contributed by atoms with van der Waals surface area (Å²) in [5.74, 6) is 1.13. The van der Waals surface area contributed by atoms with Crippen LogP contribution in [0.2, 0.25) is 0 Å². The highest BCUT2D eigenvalue weighted by Gasteiger charge is 2.24. The van der Waals surface area contributed by atoms with Crippen molar-refractivity contribution in [2.24, 2.45) is 16.6 Å². The van der Waals surface area contributed by atoms with Crippen molar-refractivity contribution in [3.8, 4) is 0 Å². The second-order valence-corrected chi connectivity index (χ2v) is 6.35. The normalized spacial score (nSPS) is 18.7. The second-order valence-electron chi connectivity index (χ2n) is 6.35. The lowest BCUT2D eigenvalue weighted by molar-refractivity contribution is 0.0925. The Morgan fingerprint density at radius 1 is 1.26 bits per heavy atom. The number of nitrogens with zero attached hydrogens (tertiary/aromatic N) is 3. The summed E-state index contributed by atoms with van der Waals surface area (Å²) in [6.07, 6.45) is 0.954. The number of halogens is 1. The lowest BCUT2D eigenvalue weighted by atomic mass is 10.0. The van der Waals surface area contributed by atoms with Gasteiger partial charge in [-0.3, -0.25) is 9.89 Å². The van der Waals surface area contributed by atoms with Crippen molar-refractivity contribution in [2.75, 3.05) is 59.5 Å². The first kappa shape index (κ1) is 22.9. The lowest BCUT2D eigenvalue weighted by Gasteiger charge is -2.39. The van der Waals surface area contributed by atoms with E-state index >= 15 is 0 Å². The third-order valence-electron chi connectivity index (χ3n) is 4.20. The number of guanidine groups is 1. The summed E-state index contributed by atoms with van der Waals surface area (Å²) >= 11 is 0. The molecule has 0 aromatic carbocycles. The van der Waals surface area contributed by atoms with E-state index in [1.165, 1.54) is 0 Å². The van der Waals surface area contributed by atoms with E-state index in [9.17, 15) is 0 Å². The van der Waals surface area contributed by atoms with Crippen LogP contribution in [0.1, 0.15) is 27.2 Å². The van der Waals surface area contributed by atoms with Crippen molar-refractivity contribution in [1.29, 1.82) is 0 Å². The van der Waals surface area contributed by atoms with Gasteiger partial charge in [0.1, 0.15) is 0 Å². The molecule has 0 bridgehead atoms. The Morgan fingerprint density at radius 3 is 2.48 bits per heavy atom. The summed E-state index contributed by atoms with van der Waals surface area (Å²) in [6, 6.07) is 0.470. The molecule has 0 aromatic rings. The molecule has 1 saturated heterocycles. The summed E-state index contributed by atoms with van der Waals surface area (Å²) in [4.78, 5) is 9.48. The quantitative estimate of drug-likeness (QED) is 0.244. The van der Waals surface area contributed by atoms with Crippen LogP contribution in [0.15, 0.2) is 4.99 Å². The second kappa shape index (κ2) is 13.2. The number of piperazine rings is 1. The molecule has 1 aliphatic heterocycles. The van der Waals surface area contributed by atoms with E-state index < -0.39 is 0 Å². The Bertz CT molecular complexity index is 320. The van der Waals surface area contributed by atoms with Crippen molar-refractivity contribution in [3.05, 3.63) is 0 Å². The molecular weight excluding hydrogens is 405 g/mol. The minimum absolute atomic E-state index is 0. The number of likely N-dealkylation sites (N-methyl/N-ethyl adjacent to an activating group) is 1. The Balaban J connectivity index is 0.00000484. The zero-order valence-electron chi connectivity index (χ0n) is 15.3. The highest BCUT2D eigenvalue weighted by Crippen LogP contribution is 2.13. The highest BCUT2D eigenvalue weighted by molar-refractivity contribution is 14.0.